The van der Waals surface area contributed by atoms with Crippen LogP contribution in [-0.2, 0) is 5.41 Å². The second kappa shape index (κ2) is 11.5. The van der Waals surface area contributed by atoms with Crippen LogP contribution in [0.15, 0.2) is 188 Å². The zero-order valence-electron chi connectivity index (χ0n) is 30.3. The normalized spacial score (nSPS) is 15.1. The van der Waals surface area contributed by atoms with E-state index in [9.17, 15) is 0 Å². The summed E-state index contributed by atoms with van der Waals surface area (Å²) >= 11 is 1.93. The Balaban J connectivity index is 1.20. The topological polar surface area (TPSA) is 0 Å². The van der Waals surface area contributed by atoms with Gasteiger partial charge in [0.25, 0.3) is 0 Å². The summed E-state index contributed by atoms with van der Waals surface area (Å²) in [7, 11) is 0. The molecule has 1 unspecified atom stereocenters. The predicted octanol–water partition coefficient (Wildman–Crippen LogP) is 14.9. The quantitative estimate of drug-likeness (QED) is 0.160. The van der Waals surface area contributed by atoms with E-state index in [2.05, 4.69) is 195 Å². The van der Waals surface area contributed by atoms with Crippen LogP contribution in [0.2, 0.25) is 0 Å². The van der Waals surface area contributed by atoms with Gasteiger partial charge >= 0.3 is 0 Å². The number of rotatable bonds is 3. The van der Waals surface area contributed by atoms with Crippen molar-refractivity contribution in [2.75, 3.05) is 0 Å². The van der Waals surface area contributed by atoms with Gasteiger partial charge in [0, 0.05) is 9.75 Å². The van der Waals surface area contributed by atoms with Crippen LogP contribution >= 0.6 is 11.3 Å². The molecule has 2 aliphatic rings. The van der Waals surface area contributed by atoms with E-state index in [1.165, 1.54) is 114 Å². The van der Waals surface area contributed by atoms with Gasteiger partial charge in [-0.1, -0.05) is 182 Å². The SMILES string of the molecule is Cc1ccc(-c2c3ccccc3c(-c3cccc4c3-c3ccccc3C43c4ccccc4-c4sc(-c5ccccc5)cc43)c3ccccc23)c2ccccc12. The fourth-order valence-electron chi connectivity index (χ4n) is 10.3. The molecule has 0 radical (unpaired) electrons. The molecule has 1 spiro atoms. The van der Waals surface area contributed by atoms with E-state index in [1.54, 1.807) is 0 Å². The number of aryl methyl sites for hydroxylation is 1. The number of fused-ring (bicyclic) bond motifs is 13. The summed E-state index contributed by atoms with van der Waals surface area (Å²) in [5.41, 5.74) is 16.9. The largest absolute Gasteiger partial charge is 0.135 e. The summed E-state index contributed by atoms with van der Waals surface area (Å²) in [6.45, 7) is 2.22. The molecule has 2 aliphatic carbocycles. The molecule has 0 saturated heterocycles. The molecule has 0 fully saturated rings. The van der Waals surface area contributed by atoms with E-state index in [0.717, 1.165) is 0 Å². The molecule has 55 heavy (non-hydrogen) atoms. The van der Waals surface area contributed by atoms with Gasteiger partial charge in [0.15, 0.2) is 0 Å². The molecule has 10 aromatic rings. The van der Waals surface area contributed by atoms with Crippen LogP contribution in [0, 0.1) is 6.92 Å². The molecule has 12 rings (SSSR count). The smallest absolute Gasteiger partial charge is 0.0734 e. The molecule has 1 aromatic heterocycles. The number of hydrogen-bond donors (Lipinski definition) is 0. The maximum absolute atomic E-state index is 2.50. The lowest BCUT2D eigenvalue weighted by Gasteiger charge is -2.30. The van der Waals surface area contributed by atoms with Crippen molar-refractivity contribution in [3.05, 3.63) is 216 Å². The van der Waals surface area contributed by atoms with Crippen LogP contribution in [0.1, 0.15) is 27.8 Å². The van der Waals surface area contributed by atoms with Gasteiger partial charge < -0.3 is 0 Å². The summed E-state index contributed by atoms with van der Waals surface area (Å²) in [5, 5.41) is 7.72. The van der Waals surface area contributed by atoms with Crippen LogP contribution < -0.4 is 0 Å². The summed E-state index contributed by atoms with van der Waals surface area (Å²) in [5.74, 6) is 0. The molecule has 256 valence electrons. The molecule has 0 bridgehead atoms. The van der Waals surface area contributed by atoms with Gasteiger partial charge in [0.2, 0.25) is 0 Å². The number of hydrogen-bond acceptors (Lipinski definition) is 1. The number of benzene rings is 9. The van der Waals surface area contributed by atoms with E-state index < -0.39 is 5.41 Å². The second-order valence-electron chi connectivity index (χ2n) is 15.1. The van der Waals surface area contributed by atoms with Gasteiger partial charge in [0.1, 0.15) is 0 Å². The van der Waals surface area contributed by atoms with Gasteiger partial charge in [-0.05, 0) is 118 Å². The first-order chi connectivity index (χ1) is 27.2. The average Bonchev–Trinajstić information content (AvgIpc) is 3.90. The fraction of sp³-hybridized carbons (Fsp3) is 0.0370. The van der Waals surface area contributed by atoms with Crippen LogP contribution in [-0.4, -0.2) is 0 Å². The Kier molecular flexibility index (Phi) is 6.44. The molecule has 0 amide bonds. The Bertz CT molecular complexity index is 3160. The monoisotopic (exact) mass is 714 g/mol. The van der Waals surface area contributed by atoms with E-state index in [1.807, 2.05) is 11.3 Å². The Hall–Kier alpha value is -6.54. The molecule has 0 N–H and O–H groups in total. The van der Waals surface area contributed by atoms with E-state index in [-0.39, 0.29) is 0 Å². The van der Waals surface area contributed by atoms with Crippen molar-refractivity contribution in [3.8, 4) is 54.3 Å². The second-order valence-corrected chi connectivity index (χ2v) is 16.2. The zero-order valence-corrected chi connectivity index (χ0v) is 31.1. The Morgan fingerprint density at radius 1 is 0.345 bits per heavy atom. The number of thiophene rings is 1. The summed E-state index contributed by atoms with van der Waals surface area (Å²) in [6.07, 6.45) is 0. The van der Waals surface area contributed by atoms with Crippen molar-refractivity contribution in [3.63, 3.8) is 0 Å². The van der Waals surface area contributed by atoms with Crippen LogP contribution in [0.5, 0.6) is 0 Å². The minimum absolute atomic E-state index is 0.413. The van der Waals surface area contributed by atoms with Gasteiger partial charge in [-0.2, -0.15) is 0 Å². The third-order valence-corrected chi connectivity index (χ3v) is 13.7. The molecular formula is C54H34S. The highest BCUT2D eigenvalue weighted by Crippen LogP contribution is 2.66. The van der Waals surface area contributed by atoms with Crippen molar-refractivity contribution in [1.82, 2.24) is 0 Å². The van der Waals surface area contributed by atoms with E-state index in [0.29, 0.717) is 0 Å². The summed E-state index contributed by atoms with van der Waals surface area (Å²) in [6, 6.07) is 70.6. The minimum atomic E-state index is -0.413. The maximum Gasteiger partial charge on any atom is 0.0734 e. The average molecular weight is 715 g/mol. The molecule has 0 nitrogen and oxygen atoms in total. The molecule has 1 atom stereocenters. The third-order valence-electron chi connectivity index (χ3n) is 12.5. The fourth-order valence-corrected chi connectivity index (χ4v) is 11.5. The Morgan fingerprint density at radius 2 is 0.855 bits per heavy atom. The Labute approximate surface area is 324 Å². The minimum Gasteiger partial charge on any atom is -0.135 e. The lowest BCUT2D eigenvalue weighted by molar-refractivity contribution is 0.796. The van der Waals surface area contributed by atoms with Crippen molar-refractivity contribution >= 4 is 43.7 Å². The third kappa shape index (κ3) is 4.06. The summed E-state index contributed by atoms with van der Waals surface area (Å²) in [4.78, 5) is 2.70. The van der Waals surface area contributed by atoms with Gasteiger partial charge in [-0.3, -0.25) is 0 Å². The zero-order chi connectivity index (χ0) is 36.3. The first-order valence-electron chi connectivity index (χ1n) is 19.2. The highest BCUT2D eigenvalue weighted by molar-refractivity contribution is 7.19. The Morgan fingerprint density at radius 3 is 1.55 bits per heavy atom. The van der Waals surface area contributed by atoms with Gasteiger partial charge in [-0.15, -0.1) is 11.3 Å². The molecule has 1 heterocycles. The molecule has 0 aliphatic heterocycles. The van der Waals surface area contributed by atoms with Crippen molar-refractivity contribution < 1.29 is 0 Å². The van der Waals surface area contributed by atoms with Crippen LogP contribution in [0.4, 0.5) is 0 Å². The van der Waals surface area contributed by atoms with Crippen molar-refractivity contribution in [2.45, 2.75) is 12.3 Å². The van der Waals surface area contributed by atoms with Crippen LogP contribution in [0.25, 0.3) is 86.6 Å². The van der Waals surface area contributed by atoms with Crippen molar-refractivity contribution in [1.29, 1.82) is 0 Å². The van der Waals surface area contributed by atoms with Gasteiger partial charge in [0.05, 0.1) is 5.41 Å². The van der Waals surface area contributed by atoms with Gasteiger partial charge in [-0.25, -0.2) is 0 Å². The predicted molar refractivity (Wildman–Crippen MR) is 234 cm³/mol. The first-order valence-corrected chi connectivity index (χ1v) is 20.0. The molecule has 0 saturated carbocycles. The first kappa shape index (κ1) is 30.9. The van der Waals surface area contributed by atoms with Crippen LogP contribution in [0.3, 0.4) is 0 Å². The summed E-state index contributed by atoms with van der Waals surface area (Å²) < 4.78 is 0. The van der Waals surface area contributed by atoms with E-state index in [4.69, 9.17) is 0 Å². The highest BCUT2D eigenvalue weighted by atomic mass is 32.1. The molecular weight excluding hydrogens is 681 g/mol. The lowest BCUT2D eigenvalue weighted by Crippen LogP contribution is -2.25. The molecule has 1 heteroatoms. The maximum atomic E-state index is 2.50. The standard InChI is InChI=1S/C54H34S/c1-33-30-31-41(36-19-6-5-18-35(33)36)50-37-20-7-9-22-39(37)51(40-23-10-8-21-38(40)50)44-26-15-29-47-52(44)42-24-11-13-27-45(42)54(47)46-28-14-12-25-43(46)53-48(54)32-49(55-53)34-16-3-2-4-17-34/h2-32H,1H3. The lowest BCUT2D eigenvalue weighted by atomic mass is 9.70. The highest BCUT2D eigenvalue weighted by Gasteiger charge is 2.53. The van der Waals surface area contributed by atoms with E-state index >= 15 is 0 Å². The molecule has 9 aromatic carbocycles. The van der Waals surface area contributed by atoms with Crippen molar-refractivity contribution in [2.24, 2.45) is 0 Å².